The monoisotopic (exact) mass is 599 g/mol. The Bertz CT molecular complexity index is 1400. The minimum absolute atomic E-state index is 0.00689. The fourth-order valence-corrected chi connectivity index (χ4v) is 5.45. The lowest BCUT2D eigenvalue weighted by Gasteiger charge is -2.28. The van der Waals surface area contributed by atoms with E-state index < -0.39 is 59.4 Å². The molecule has 0 aliphatic heterocycles. The van der Waals surface area contributed by atoms with Crippen LogP contribution in [0, 0.1) is 11.7 Å². The highest BCUT2D eigenvalue weighted by Crippen LogP contribution is 2.39. The SMILES string of the molecule is O=C(CN(Cc1ccc(F)cc1)C(=O)c1cnn(C2CCC(C(=O)O)CC2)c1C(F)(F)F)c1c(Cl)cccc1Cl. The third-order valence-electron chi connectivity index (χ3n) is 6.84. The van der Waals surface area contributed by atoms with Gasteiger partial charge in [0.15, 0.2) is 11.5 Å². The number of alkyl halides is 3. The molecule has 0 bridgehead atoms. The molecule has 0 spiro atoms. The summed E-state index contributed by atoms with van der Waals surface area (Å²) >= 11 is 12.3. The van der Waals surface area contributed by atoms with Crippen molar-refractivity contribution in [3.8, 4) is 0 Å². The van der Waals surface area contributed by atoms with E-state index >= 15 is 0 Å². The van der Waals surface area contributed by atoms with E-state index in [1.54, 1.807) is 0 Å². The number of carbonyl (C=O) groups is 3. The Morgan fingerprint density at radius 2 is 1.60 bits per heavy atom. The summed E-state index contributed by atoms with van der Waals surface area (Å²) in [7, 11) is 0. The molecule has 7 nitrogen and oxygen atoms in total. The number of nitrogens with zero attached hydrogens (tertiary/aromatic N) is 3. The predicted octanol–water partition coefficient (Wildman–Crippen LogP) is 6.69. The van der Waals surface area contributed by atoms with Crippen LogP contribution in [0.25, 0.3) is 0 Å². The third-order valence-corrected chi connectivity index (χ3v) is 7.47. The number of carboxylic acids is 1. The van der Waals surface area contributed by atoms with E-state index in [0.29, 0.717) is 5.56 Å². The molecule has 0 radical (unpaired) electrons. The average molecular weight is 600 g/mol. The van der Waals surface area contributed by atoms with Gasteiger partial charge in [-0.25, -0.2) is 4.39 Å². The van der Waals surface area contributed by atoms with Crippen LogP contribution in [-0.4, -0.2) is 44.0 Å². The van der Waals surface area contributed by atoms with Crippen molar-refractivity contribution in [3.63, 3.8) is 0 Å². The van der Waals surface area contributed by atoms with Crippen molar-refractivity contribution in [2.24, 2.45) is 5.92 Å². The van der Waals surface area contributed by atoms with Gasteiger partial charge in [0.2, 0.25) is 0 Å². The molecule has 1 N–H and O–H groups in total. The molecule has 13 heteroatoms. The molecular weight excluding hydrogens is 577 g/mol. The molecule has 1 aliphatic rings. The lowest BCUT2D eigenvalue weighted by molar-refractivity contribution is -0.147. The molecule has 212 valence electrons. The normalized spacial score (nSPS) is 17.4. The van der Waals surface area contributed by atoms with Crippen LogP contribution in [-0.2, 0) is 17.5 Å². The van der Waals surface area contributed by atoms with Crippen LogP contribution in [0.5, 0.6) is 0 Å². The lowest BCUT2D eigenvalue weighted by atomic mass is 9.86. The first-order chi connectivity index (χ1) is 18.9. The van der Waals surface area contributed by atoms with Crippen LogP contribution >= 0.6 is 23.2 Å². The van der Waals surface area contributed by atoms with E-state index in [2.05, 4.69) is 5.10 Å². The highest BCUT2D eigenvalue weighted by atomic mass is 35.5. The van der Waals surface area contributed by atoms with Gasteiger partial charge >= 0.3 is 12.1 Å². The summed E-state index contributed by atoms with van der Waals surface area (Å²) < 4.78 is 57.3. The number of aromatic nitrogens is 2. The second kappa shape index (κ2) is 12.0. The minimum atomic E-state index is -4.98. The van der Waals surface area contributed by atoms with Gasteiger partial charge in [0.25, 0.3) is 5.91 Å². The molecule has 1 amide bonds. The number of hydrogen-bond donors (Lipinski definition) is 1. The van der Waals surface area contributed by atoms with Crippen molar-refractivity contribution in [2.75, 3.05) is 6.54 Å². The summed E-state index contributed by atoms with van der Waals surface area (Å²) in [5.41, 5.74) is -1.79. The number of benzene rings is 2. The molecule has 0 unspecified atom stereocenters. The van der Waals surface area contributed by atoms with Crippen molar-refractivity contribution < 1.29 is 37.1 Å². The lowest BCUT2D eigenvalue weighted by Crippen LogP contribution is -2.37. The first kappa shape index (κ1) is 29.5. The third kappa shape index (κ3) is 6.47. The number of rotatable bonds is 8. The van der Waals surface area contributed by atoms with Crippen LogP contribution < -0.4 is 0 Å². The number of ketones is 1. The first-order valence-corrected chi connectivity index (χ1v) is 13.0. The van der Waals surface area contributed by atoms with Gasteiger partial charge in [0.05, 0.1) is 45.9 Å². The highest BCUT2D eigenvalue weighted by Gasteiger charge is 2.43. The van der Waals surface area contributed by atoms with Crippen LogP contribution in [0.3, 0.4) is 0 Å². The number of carboxylic acid groups (broad SMARTS) is 1. The number of carbonyl (C=O) groups excluding carboxylic acids is 2. The molecular formula is C27H23Cl2F4N3O4. The molecule has 1 aliphatic carbocycles. The largest absolute Gasteiger partial charge is 0.481 e. The van der Waals surface area contributed by atoms with Crippen LogP contribution in [0.2, 0.25) is 10.0 Å². The molecule has 2 aromatic carbocycles. The molecule has 4 rings (SSSR count). The molecule has 0 atom stereocenters. The molecule has 40 heavy (non-hydrogen) atoms. The van der Waals surface area contributed by atoms with E-state index in [1.807, 2.05) is 0 Å². The number of Topliss-reactive ketones (excluding diaryl/α,β-unsaturated/α-hetero) is 1. The molecule has 1 aromatic heterocycles. The Balaban J connectivity index is 1.70. The number of amides is 1. The van der Waals surface area contributed by atoms with E-state index in [4.69, 9.17) is 23.2 Å². The molecule has 3 aromatic rings. The van der Waals surface area contributed by atoms with Crippen LogP contribution in [0.4, 0.5) is 17.6 Å². The van der Waals surface area contributed by atoms with Crippen molar-refractivity contribution in [2.45, 2.75) is 44.4 Å². The number of hydrogen-bond acceptors (Lipinski definition) is 4. The van der Waals surface area contributed by atoms with Crippen LogP contribution in [0.15, 0.2) is 48.7 Å². The zero-order valence-corrected chi connectivity index (χ0v) is 22.3. The summed E-state index contributed by atoms with van der Waals surface area (Å²) in [5.74, 6) is -4.06. The Labute approximate surface area is 236 Å². The zero-order chi connectivity index (χ0) is 29.2. The number of aliphatic carboxylic acids is 1. The Hall–Kier alpha value is -3.44. The Morgan fingerprint density at radius 3 is 2.15 bits per heavy atom. The van der Waals surface area contributed by atoms with E-state index in [-0.39, 0.29) is 47.8 Å². The number of halogens is 6. The maximum Gasteiger partial charge on any atom is 0.433 e. The summed E-state index contributed by atoms with van der Waals surface area (Å²) in [6, 6.07) is 8.51. The van der Waals surface area contributed by atoms with Gasteiger partial charge in [-0.2, -0.15) is 18.3 Å². The Morgan fingerprint density at radius 1 is 1.00 bits per heavy atom. The minimum Gasteiger partial charge on any atom is -0.481 e. The fourth-order valence-electron chi connectivity index (χ4n) is 4.84. The van der Waals surface area contributed by atoms with E-state index in [0.717, 1.165) is 27.9 Å². The van der Waals surface area contributed by atoms with Gasteiger partial charge in [-0.1, -0.05) is 41.4 Å². The maximum atomic E-state index is 14.4. The summed E-state index contributed by atoms with van der Waals surface area (Å²) in [6.07, 6.45) is -3.56. The molecule has 1 fully saturated rings. The van der Waals surface area contributed by atoms with Gasteiger partial charge in [-0.15, -0.1) is 0 Å². The standard InChI is InChI=1S/C27H23Cl2F4N3O4/c28-20-2-1-3-21(29)23(20)22(37)14-35(13-15-4-8-17(30)9-5-15)25(38)19-12-34-36(24(19)27(31,32)33)18-10-6-16(7-11-18)26(39)40/h1-5,8-9,12,16,18H,6-7,10-11,13-14H2,(H,39,40). The molecule has 1 saturated carbocycles. The van der Waals surface area contributed by atoms with Gasteiger partial charge in [-0.3, -0.25) is 19.1 Å². The Kier molecular flexibility index (Phi) is 8.84. The molecule has 0 saturated heterocycles. The van der Waals surface area contributed by atoms with Crippen LogP contribution in [0.1, 0.15) is 63.7 Å². The smallest absolute Gasteiger partial charge is 0.433 e. The van der Waals surface area contributed by atoms with Crippen molar-refractivity contribution in [1.82, 2.24) is 14.7 Å². The second-order valence-electron chi connectivity index (χ2n) is 9.50. The van der Waals surface area contributed by atoms with Gasteiger partial charge in [-0.05, 0) is 55.5 Å². The quantitative estimate of drug-likeness (QED) is 0.230. The van der Waals surface area contributed by atoms with Gasteiger partial charge in [0.1, 0.15) is 5.82 Å². The second-order valence-corrected chi connectivity index (χ2v) is 10.3. The summed E-state index contributed by atoms with van der Waals surface area (Å²) in [5, 5.41) is 13.1. The summed E-state index contributed by atoms with van der Waals surface area (Å²) in [4.78, 5) is 39.0. The molecule has 1 heterocycles. The maximum absolute atomic E-state index is 14.4. The summed E-state index contributed by atoms with van der Waals surface area (Å²) in [6.45, 7) is -0.995. The van der Waals surface area contributed by atoms with Crippen molar-refractivity contribution in [1.29, 1.82) is 0 Å². The van der Waals surface area contributed by atoms with Crippen molar-refractivity contribution in [3.05, 3.63) is 86.9 Å². The van der Waals surface area contributed by atoms with E-state index in [1.165, 1.54) is 30.3 Å². The highest BCUT2D eigenvalue weighted by molar-refractivity contribution is 6.40. The first-order valence-electron chi connectivity index (χ1n) is 12.2. The van der Waals surface area contributed by atoms with E-state index in [9.17, 15) is 37.1 Å². The zero-order valence-electron chi connectivity index (χ0n) is 20.8. The predicted molar refractivity (Wildman–Crippen MR) is 138 cm³/mol. The van der Waals surface area contributed by atoms with Crippen molar-refractivity contribution >= 4 is 40.9 Å². The van der Waals surface area contributed by atoms with Gasteiger partial charge in [0, 0.05) is 6.54 Å². The topological polar surface area (TPSA) is 92.5 Å². The fraction of sp³-hybridized carbons (Fsp3) is 0.333. The average Bonchev–Trinajstić information content (AvgIpc) is 3.35. The van der Waals surface area contributed by atoms with Gasteiger partial charge < -0.3 is 10.0 Å².